The van der Waals surface area contributed by atoms with Crippen LogP contribution in [0.5, 0.6) is 5.75 Å². The van der Waals surface area contributed by atoms with Gasteiger partial charge in [0.15, 0.2) is 0 Å². The molecule has 0 radical (unpaired) electrons. The van der Waals surface area contributed by atoms with Crippen LogP contribution >= 0.6 is 12.4 Å². The predicted molar refractivity (Wildman–Crippen MR) is 76.6 cm³/mol. The molecule has 2 aromatic rings. The highest BCUT2D eigenvalue weighted by Crippen LogP contribution is 2.35. The van der Waals surface area contributed by atoms with E-state index < -0.39 is 0 Å². The molecule has 1 aromatic carbocycles. The molecule has 1 heterocycles. The molecule has 0 unspecified atom stereocenters. The zero-order valence-electron chi connectivity index (χ0n) is 10.4. The third-order valence-corrected chi connectivity index (χ3v) is 3.51. The van der Waals surface area contributed by atoms with E-state index in [-0.39, 0.29) is 12.4 Å². The summed E-state index contributed by atoms with van der Waals surface area (Å²) >= 11 is 0. The molecule has 96 valence electrons. The lowest BCUT2D eigenvalue weighted by molar-refractivity contribution is 0.420. The van der Waals surface area contributed by atoms with Gasteiger partial charge in [0, 0.05) is 11.4 Å². The van der Waals surface area contributed by atoms with E-state index in [1.807, 2.05) is 18.2 Å². The van der Waals surface area contributed by atoms with Crippen molar-refractivity contribution in [3.05, 3.63) is 29.5 Å². The summed E-state index contributed by atoms with van der Waals surface area (Å²) in [4.78, 5) is 4.73. The second kappa shape index (κ2) is 5.02. The van der Waals surface area contributed by atoms with E-state index in [9.17, 15) is 0 Å². The van der Waals surface area contributed by atoms with Crippen molar-refractivity contribution in [1.29, 1.82) is 0 Å². The molecule has 0 spiro atoms. The van der Waals surface area contributed by atoms with Crippen molar-refractivity contribution >= 4 is 29.0 Å². The van der Waals surface area contributed by atoms with Crippen LogP contribution in [-0.2, 0) is 12.8 Å². The van der Waals surface area contributed by atoms with Crippen molar-refractivity contribution in [3.63, 3.8) is 0 Å². The van der Waals surface area contributed by atoms with Gasteiger partial charge in [-0.25, -0.2) is 0 Å². The van der Waals surface area contributed by atoms with E-state index in [2.05, 4.69) is 0 Å². The van der Waals surface area contributed by atoms with Crippen LogP contribution in [0.15, 0.2) is 18.2 Å². The van der Waals surface area contributed by atoms with Crippen LogP contribution in [0.1, 0.15) is 24.1 Å². The molecule has 2 N–H and O–H groups in total. The molecule has 0 atom stereocenters. The monoisotopic (exact) mass is 264 g/mol. The Balaban J connectivity index is 0.00000120. The minimum absolute atomic E-state index is 0. The second-order valence-electron chi connectivity index (χ2n) is 4.51. The number of methoxy groups -OCH3 is 1. The number of hydrogen-bond donors (Lipinski definition) is 1. The number of rotatable bonds is 1. The van der Waals surface area contributed by atoms with E-state index in [0.29, 0.717) is 0 Å². The Morgan fingerprint density at radius 3 is 2.78 bits per heavy atom. The third kappa shape index (κ3) is 1.89. The van der Waals surface area contributed by atoms with Crippen LogP contribution in [0.4, 0.5) is 5.69 Å². The van der Waals surface area contributed by atoms with Crippen LogP contribution in [0.25, 0.3) is 10.9 Å². The first-order valence-electron chi connectivity index (χ1n) is 6.05. The molecule has 0 saturated carbocycles. The van der Waals surface area contributed by atoms with Crippen molar-refractivity contribution in [2.75, 3.05) is 12.8 Å². The number of anilines is 1. The Labute approximate surface area is 113 Å². The first kappa shape index (κ1) is 13.0. The number of halogens is 1. The number of aromatic nitrogens is 1. The summed E-state index contributed by atoms with van der Waals surface area (Å²) in [5, 5.41) is 0.968. The molecule has 3 rings (SSSR count). The molecule has 18 heavy (non-hydrogen) atoms. The molecule has 0 saturated heterocycles. The van der Waals surface area contributed by atoms with Crippen molar-refractivity contribution in [3.8, 4) is 5.75 Å². The standard InChI is InChI=1S/C14H16N2O.ClH/c1-17-12-8-4-7-11-13(12)14(15)9-5-2-3-6-10(9)16-11;/h4,7-8H,2-3,5-6H2,1H3,(H2,15,16);1H. The van der Waals surface area contributed by atoms with Crippen LogP contribution < -0.4 is 10.5 Å². The van der Waals surface area contributed by atoms with E-state index in [4.69, 9.17) is 15.5 Å². The summed E-state index contributed by atoms with van der Waals surface area (Å²) in [6, 6.07) is 5.90. The Morgan fingerprint density at radius 1 is 1.22 bits per heavy atom. The van der Waals surface area contributed by atoms with Gasteiger partial charge < -0.3 is 10.5 Å². The molecular formula is C14H17ClN2O. The lowest BCUT2D eigenvalue weighted by Crippen LogP contribution is -2.09. The van der Waals surface area contributed by atoms with Crippen molar-refractivity contribution in [2.24, 2.45) is 0 Å². The van der Waals surface area contributed by atoms with Gasteiger partial charge in [-0.1, -0.05) is 6.07 Å². The highest BCUT2D eigenvalue weighted by Gasteiger charge is 2.18. The van der Waals surface area contributed by atoms with Crippen LogP contribution in [0, 0.1) is 0 Å². The highest BCUT2D eigenvalue weighted by molar-refractivity contribution is 5.97. The van der Waals surface area contributed by atoms with E-state index >= 15 is 0 Å². The SMILES string of the molecule is COc1cccc2nc3c(c(N)c12)CCCC3.Cl. The first-order chi connectivity index (χ1) is 8.31. The van der Waals surface area contributed by atoms with Gasteiger partial charge in [0.25, 0.3) is 0 Å². The van der Waals surface area contributed by atoms with Gasteiger partial charge in [-0.05, 0) is 43.4 Å². The Morgan fingerprint density at radius 2 is 2.00 bits per heavy atom. The molecule has 0 bridgehead atoms. The molecule has 1 aliphatic carbocycles. The highest BCUT2D eigenvalue weighted by atomic mass is 35.5. The maximum absolute atomic E-state index is 6.30. The Bertz CT molecular complexity index is 584. The molecule has 3 nitrogen and oxygen atoms in total. The average Bonchev–Trinajstić information content (AvgIpc) is 2.38. The average molecular weight is 265 g/mol. The number of fused-ring (bicyclic) bond motifs is 2. The maximum atomic E-state index is 6.30. The molecule has 4 heteroatoms. The summed E-state index contributed by atoms with van der Waals surface area (Å²) in [6.07, 6.45) is 4.52. The number of ether oxygens (including phenoxy) is 1. The maximum Gasteiger partial charge on any atom is 0.130 e. The number of hydrogen-bond acceptors (Lipinski definition) is 3. The molecule has 1 aliphatic rings. The number of aryl methyl sites for hydroxylation is 1. The normalized spacial score (nSPS) is 13.8. The molecule has 1 aromatic heterocycles. The van der Waals surface area contributed by atoms with Crippen LogP contribution in [0.2, 0.25) is 0 Å². The number of pyridine rings is 1. The molecule has 0 fully saturated rings. The molecule has 0 amide bonds. The van der Waals surface area contributed by atoms with E-state index in [0.717, 1.165) is 35.2 Å². The van der Waals surface area contributed by atoms with Crippen LogP contribution in [-0.4, -0.2) is 12.1 Å². The minimum atomic E-state index is 0. The zero-order valence-corrected chi connectivity index (χ0v) is 11.2. The number of nitrogens with two attached hydrogens (primary N) is 1. The van der Waals surface area contributed by atoms with Crippen molar-refractivity contribution in [1.82, 2.24) is 4.98 Å². The smallest absolute Gasteiger partial charge is 0.130 e. The summed E-state index contributed by atoms with van der Waals surface area (Å²) in [5.74, 6) is 0.820. The summed E-state index contributed by atoms with van der Waals surface area (Å²) in [7, 11) is 1.67. The van der Waals surface area contributed by atoms with Gasteiger partial charge in [0.2, 0.25) is 0 Å². The van der Waals surface area contributed by atoms with Gasteiger partial charge >= 0.3 is 0 Å². The second-order valence-corrected chi connectivity index (χ2v) is 4.51. The summed E-state index contributed by atoms with van der Waals surface area (Å²) < 4.78 is 5.38. The minimum Gasteiger partial charge on any atom is -0.496 e. The predicted octanol–water partition coefficient (Wildman–Crippen LogP) is 3.13. The quantitative estimate of drug-likeness (QED) is 0.861. The molecule has 0 aliphatic heterocycles. The van der Waals surface area contributed by atoms with Gasteiger partial charge in [0.1, 0.15) is 5.75 Å². The van der Waals surface area contributed by atoms with Crippen LogP contribution in [0.3, 0.4) is 0 Å². The lowest BCUT2D eigenvalue weighted by Gasteiger charge is -2.19. The van der Waals surface area contributed by atoms with Gasteiger partial charge in [-0.2, -0.15) is 0 Å². The van der Waals surface area contributed by atoms with Crippen molar-refractivity contribution < 1.29 is 4.74 Å². The van der Waals surface area contributed by atoms with E-state index in [1.54, 1.807) is 7.11 Å². The van der Waals surface area contributed by atoms with Gasteiger partial charge in [-0.15, -0.1) is 12.4 Å². The largest absolute Gasteiger partial charge is 0.496 e. The van der Waals surface area contributed by atoms with Gasteiger partial charge in [0.05, 0.1) is 18.0 Å². The molecular weight excluding hydrogens is 248 g/mol. The summed E-state index contributed by atoms with van der Waals surface area (Å²) in [5.41, 5.74) is 10.5. The van der Waals surface area contributed by atoms with Crippen molar-refractivity contribution in [2.45, 2.75) is 25.7 Å². The topological polar surface area (TPSA) is 48.1 Å². The Hall–Kier alpha value is -1.48. The number of nitrogen functional groups attached to an aromatic ring is 1. The van der Waals surface area contributed by atoms with E-state index in [1.165, 1.54) is 24.1 Å². The fourth-order valence-corrected chi connectivity index (χ4v) is 2.65. The third-order valence-electron chi connectivity index (χ3n) is 3.51. The fraction of sp³-hybridized carbons (Fsp3) is 0.357. The summed E-state index contributed by atoms with van der Waals surface area (Å²) in [6.45, 7) is 0. The number of benzene rings is 1. The first-order valence-corrected chi connectivity index (χ1v) is 6.05. The lowest BCUT2D eigenvalue weighted by atomic mass is 9.93. The fourth-order valence-electron chi connectivity index (χ4n) is 2.65. The Kier molecular flexibility index (Phi) is 3.62. The van der Waals surface area contributed by atoms with Gasteiger partial charge in [-0.3, -0.25) is 4.98 Å². The number of nitrogens with zero attached hydrogens (tertiary/aromatic N) is 1. The zero-order chi connectivity index (χ0) is 11.8.